The van der Waals surface area contributed by atoms with E-state index in [-0.39, 0.29) is 5.97 Å². The lowest BCUT2D eigenvalue weighted by Gasteiger charge is -2.34. The van der Waals surface area contributed by atoms with Crippen molar-refractivity contribution in [2.75, 3.05) is 6.61 Å². The lowest BCUT2D eigenvalue weighted by atomic mass is 9.82. The summed E-state index contributed by atoms with van der Waals surface area (Å²) in [5.74, 6) is 0.262. The number of carbonyl (C=O) groups excluding carboxylic acids is 1. The Kier molecular flexibility index (Phi) is 4.81. The maximum Gasteiger partial charge on any atom is 0.331 e. The number of carbonyl (C=O) groups is 1. The minimum Gasteiger partial charge on any atom is -0.464 e. The number of rotatable bonds is 7. The molecule has 0 amide bonds. The molecule has 0 radical (unpaired) electrons. The van der Waals surface area contributed by atoms with Gasteiger partial charge >= 0.3 is 5.97 Å². The third-order valence-electron chi connectivity index (χ3n) is 3.63. The molecular weight excluding hydrogens is 250 g/mol. The van der Waals surface area contributed by atoms with E-state index < -0.39 is 5.54 Å². The fourth-order valence-electron chi connectivity index (χ4n) is 2.69. The molecule has 0 aliphatic heterocycles. The molecule has 2 rings (SSSR count). The van der Waals surface area contributed by atoms with Crippen molar-refractivity contribution in [1.82, 2.24) is 5.32 Å². The van der Waals surface area contributed by atoms with Gasteiger partial charge in [-0.3, -0.25) is 5.32 Å². The molecule has 3 heteroatoms. The largest absolute Gasteiger partial charge is 0.464 e. The Morgan fingerprint density at radius 2 is 2.00 bits per heavy atom. The number of hydrogen-bond donors (Lipinski definition) is 1. The number of nitrogens with one attached hydrogen (secondary N) is 1. The fraction of sp³-hybridized carbons (Fsp3) is 0.588. The molecule has 1 N–H and O–H groups in total. The molecule has 1 fully saturated rings. The zero-order chi connectivity index (χ0) is 14.6. The van der Waals surface area contributed by atoms with E-state index >= 15 is 0 Å². The molecule has 1 aliphatic carbocycles. The van der Waals surface area contributed by atoms with Gasteiger partial charge in [-0.1, -0.05) is 44.2 Å². The molecule has 0 saturated heterocycles. The lowest BCUT2D eigenvalue weighted by molar-refractivity contribution is -0.152. The van der Waals surface area contributed by atoms with Crippen LogP contribution in [-0.2, 0) is 15.1 Å². The van der Waals surface area contributed by atoms with Crippen LogP contribution in [0.2, 0.25) is 0 Å². The third kappa shape index (κ3) is 3.40. The summed E-state index contributed by atoms with van der Waals surface area (Å²) in [6.45, 7) is 6.56. The van der Waals surface area contributed by atoms with E-state index in [1.54, 1.807) is 0 Å². The quantitative estimate of drug-likeness (QED) is 0.776. The van der Waals surface area contributed by atoms with Crippen molar-refractivity contribution < 1.29 is 9.53 Å². The molecule has 1 unspecified atom stereocenters. The van der Waals surface area contributed by atoms with Gasteiger partial charge in [-0.25, -0.2) is 4.79 Å². The summed E-state index contributed by atoms with van der Waals surface area (Å²) in [5, 5.41) is 3.56. The van der Waals surface area contributed by atoms with Gasteiger partial charge in [0.2, 0.25) is 0 Å². The van der Waals surface area contributed by atoms with Gasteiger partial charge in [-0.2, -0.15) is 0 Å². The number of esters is 1. The molecule has 110 valence electrons. The molecule has 3 nitrogen and oxygen atoms in total. The summed E-state index contributed by atoms with van der Waals surface area (Å²) < 4.78 is 5.39. The monoisotopic (exact) mass is 275 g/mol. The van der Waals surface area contributed by atoms with Crippen molar-refractivity contribution in [3.63, 3.8) is 0 Å². The van der Waals surface area contributed by atoms with Crippen LogP contribution in [0.25, 0.3) is 0 Å². The first-order chi connectivity index (χ1) is 9.58. The summed E-state index contributed by atoms with van der Waals surface area (Å²) in [7, 11) is 0. The second-order valence-corrected chi connectivity index (χ2v) is 6.01. The normalized spacial score (nSPS) is 17.8. The highest BCUT2D eigenvalue weighted by atomic mass is 16.5. The minimum absolute atomic E-state index is 0.146. The van der Waals surface area contributed by atoms with Crippen molar-refractivity contribution in [2.24, 2.45) is 5.92 Å². The van der Waals surface area contributed by atoms with Crippen LogP contribution in [0.4, 0.5) is 0 Å². The molecule has 0 heterocycles. The van der Waals surface area contributed by atoms with E-state index in [4.69, 9.17) is 4.74 Å². The zero-order valence-electron chi connectivity index (χ0n) is 12.7. The second-order valence-electron chi connectivity index (χ2n) is 6.01. The lowest BCUT2D eigenvalue weighted by Crippen LogP contribution is -2.52. The van der Waals surface area contributed by atoms with E-state index in [9.17, 15) is 4.79 Å². The Labute approximate surface area is 121 Å². The molecular formula is C17H25NO2. The molecule has 1 aromatic carbocycles. The summed E-state index contributed by atoms with van der Waals surface area (Å²) in [5.41, 5.74) is 0.311. The summed E-state index contributed by atoms with van der Waals surface area (Å²) in [4.78, 5) is 12.7. The van der Waals surface area contributed by atoms with Crippen LogP contribution in [0.3, 0.4) is 0 Å². The minimum atomic E-state index is -0.702. The molecule has 0 aromatic heterocycles. The van der Waals surface area contributed by atoms with Gasteiger partial charge in [0.15, 0.2) is 0 Å². The van der Waals surface area contributed by atoms with Gasteiger partial charge in [-0.15, -0.1) is 0 Å². The van der Waals surface area contributed by atoms with E-state index in [0.29, 0.717) is 18.6 Å². The second kappa shape index (κ2) is 6.40. The molecule has 20 heavy (non-hydrogen) atoms. The third-order valence-corrected chi connectivity index (χ3v) is 3.63. The maximum atomic E-state index is 12.7. The van der Waals surface area contributed by atoms with E-state index in [1.807, 2.05) is 37.3 Å². The zero-order valence-corrected chi connectivity index (χ0v) is 12.7. The van der Waals surface area contributed by atoms with Gasteiger partial charge in [0.1, 0.15) is 5.54 Å². The van der Waals surface area contributed by atoms with Crippen molar-refractivity contribution >= 4 is 5.97 Å². The van der Waals surface area contributed by atoms with Crippen molar-refractivity contribution in [3.8, 4) is 0 Å². The van der Waals surface area contributed by atoms with Crippen LogP contribution >= 0.6 is 0 Å². The average Bonchev–Trinajstić information content (AvgIpc) is 3.22. The summed E-state index contributed by atoms with van der Waals surface area (Å²) in [6, 6.07) is 10.4. The molecule has 0 spiro atoms. The first-order valence-corrected chi connectivity index (χ1v) is 7.59. The van der Waals surface area contributed by atoms with E-state index in [2.05, 4.69) is 19.2 Å². The van der Waals surface area contributed by atoms with Gasteiger partial charge in [-0.05, 0) is 37.7 Å². The van der Waals surface area contributed by atoms with Gasteiger partial charge < -0.3 is 4.74 Å². The van der Waals surface area contributed by atoms with Crippen molar-refractivity contribution in [1.29, 1.82) is 0 Å². The van der Waals surface area contributed by atoms with Crippen LogP contribution < -0.4 is 5.32 Å². The maximum absolute atomic E-state index is 12.7. The Morgan fingerprint density at radius 3 is 2.50 bits per heavy atom. The average molecular weight is 275 g/mol. The topological polar surface area (TPSA) is 38.3 Å². The van der Waals surface area contributed by atoms with Gasteiger partial charge in [0.25, 0.3) is 0 Å². The summed E-state index contributed by atoms with van der Waals surface area (Å²) >= 11 is 0. The first kappa shape index (κ1) is 15.0. The van der Waals surface area contributed by atoms with E-state index in [0.717, 1.165) is 24.8 Å². The van der Waals surface area contributed by atoms with Crippen molar-refractivity contribution in [2.45, 2.75) is 51.6 Å². The molecule has 1 aromatic rings. The van der Waals surface area contributed by atoms with E-state index in [1.165, 1.54) is 0 Å². The van der Waals surface area contributed by atoms with Crippen molar-refractivity contribution in [3.05, 3.63) is 35.9 Å². The van der Waals surface area contributed by atoms with Crippen LogP contribution in [0.5, 0.6) is 0 Å². The Balaban J connectivity index is 2.38. The number of hydrogen-bond acceptors (Lipinski definition) is 3. The SMILES string of the molecule is CCOC(=O)C(CC(C)C)(NC1CC1)c1ccccc1. The molecule has 1 aliphatic rings. The molecule has 1 atom stereocenters. The van der Waals surface area contributed by atoms with Gasteiger partial charge in [0.05, 0.1) is 6.61 Å². The Hall–Kier alpha value is -1.35. The predicted octanol–water partition coefficient (Wildman–Crippen LogP) is 3.24. The standard InChI is InChI=1S/C17H25NO2/c1-4-20-16(19)17(12-13(2)3,18-15-10-11-15)14-8-6-5-7-9-14/h5-9,13,15,18H,4,10-12H2,1-3H3. The molecule has 0 bridgehead atoms. The van der Waals surface area contributed by atoms with Gasteiger partial charge in [0, 0.05) is 6.04 Å². The number of benzene rings is 1. The smallest absolute Gasteiger partial charge is 0.331 e. The highest BCUT2D eigenvalue weighted by Gasteiger charge is 2.45. The summed E-state index contributed by atoms with van der Waals surface area (Å²) in [6.07, 6.45) is 3.05. The first-order valence-electron chi connectivity index (χ1n) is 7.59. The molecule has 1 saturated carbocycles. The Morgan fingerprint density at radius 1 is 1.35 bits per heavy atom. The number of ether oxygens (including phenoxy) is 1. The highest BCUT2D eigenvalue weighted by molar-refractivity contribution is 5.83. The predicted molar refractivity (Wildman–Crippen MR) is 80.4 cm³/mol. The van der Waals surface area contributed by atoms with Crippen LogP contribution in [0.15, 0.2) is 30.3 Å². The van der Waals surface area contributed by atoms with Crippen LogP contribution in [0, 0.1) is 5.92 Å². The Bertz CT molecular complexity index is 434. The van der Waals surface area contributed by atoms with Crippen LogP contribution in [-0.4, -0.2) is 18.6 Å². The highest BCUT2D eigenvalue weighted by Crippen LogP contribution is 2.35. The fourth-order valence-corrected chi connectivity index (χ4v) is 2.69. The van der Waals surface area contributed by atoms with Crippen LogP contribution in [0.1, 0.15) is 45.6 Å².